The molecule has 0 spiro atoms. The van der Waals surface area contributed by atoms with E-state index in [4.69, 9.17) is 0 Å². The molecule has 3 nitrogen and oxygen atoms in total. The molecule has 0 aliphatic carbocycles. The molecule has 1 aliphatic rings. The van der Waals surface area contributed by atoms with E-state index in [1.54, 1.807) is 0 Å². The van der Waals surface area contributed by atoms with Crippen LogP contribution in [0.2, 0.25) is 0 Å². The first-order valence-electron chi connectivity index (χ1n) is 6.86. The summed E-state index contributed by atoms with van der Waals surface area (Å²) in [4.78, 5) is 16.6. The summed E-state index contributed by atoms with van der Waals surface area (Å²) < 4.78 is 0. The number of carbonyl (C=O) groups is 1. The Morgan fingerprint density at radius 1 is 1.26 bits per heavy atom. The minimum atomic E-state index is 0.243. The first kappa shape index (κ1) is 13.8. The van der Waals surface area contributed by atoms with Gasteiger partial charge in [0.2, 0.25) is 5.91 Å². The van der Waals surface area contributed by atoms with Crippen molar-refractivity contribution < 1.29 is 4.79 Å². The molecule has 1 heterocycles. The maximum absolute atomic E-state index is 12.3. The zero-order valence-electron chi connectivity index (χ0n) is 11.6. The summed E-state index contributed by atoms with van der Waals surface area (Å²) in [6.45, 7) is 10.3. The third-order valence-corrected chi connectivity index (χ3v) is 3.72. The molecular formula is C16H22N2O. The van der Waals surface area contributed by atoms with Gasteiger partial charge in [0, 0.05) is 32.7 Å². The highest BCUT2D eigenvalue weighted by molar-refractivity contribution is 5.79. The Morgan fingerprint density at radius 2 is 1.95 bits per heavy atom. The Balaban J connectivity index is 1.88. The van der Waals surface area contributed by atoms with Crippen LogP contribution in [0.3, 0.4) is 0 Å². The zero-order valence-corrected chi connectivity index (χ0v) is 11.6. The second kappa shape index (κ2) is 6.53. The van der Waals surface area contributed by atoms with E-state index in [-0.39, 0.29) is 5.91 Å². The van der Waals surface area contributed by atoms with E-state index in [1.165, 1.54) is 5.56 Å². The molecule has 1 aliphatic heterocycles. The van der Waals surface area contributed by atoms with Crippen molar-refractivity contribution in [3.05, 3.63) is 48.0 Å². The molecule has 0 atom stereocenters. The number of aryl methyl sites for hydroxylation is 1. The molecule has 3 heteroatoms. The molecule has 0 saturated carbocycles. The largest absolute Gasteiger partial charge is 0.340 e. The Morgan fingerprint density at radius 3 is 2.58 bits per heavy atom. The van der Waals surface area contributed by atoms with Gasteiger partial charge < -0.3 is 4.90 Å². The summed E-state index contributed by atoms with van der Waals surface area (Å²) in [5.41, 5.74) is 2.34. The number of piperazine rings is 1. The van der Waals surface area contributed by atoms with Gasteiger partial charge in [-0.05, 0) is 18.1 Å². The van der Waals surface area contributed by atoms with Crippen LogP contribution in [0.25, 0.3) is 0 Å². The predicted molar refractivity (Wildman–Crippen MR) is 78.1 cm³/mol. The van der Waals surface area contributed by atoms with Crippen LogP contribution in [-0.4, -0.2) is 48.4 Å². The Hall–Kier alpha value is -1.61. The van der Waals surface area contributed by atoms with Crippen LogP contribution >= 0.6 is 0 Å². The summed E-state index contributed by atoms with van der Waals surface area (Å²) in [6, 6.07) is 8.11. The number of hydrogen-bond donors (Lipinski definition) is 0. The molecule has 0 bridgehead atoms. The van der Waals surface area contributed by atoms with Crippen molar-refractivity contribution in [2.45, 2.75) is 13.3 Å². The average molecular weight is 258 g/mol. The lowest BCUT2D eigenvalue weighted by molar-refractivity contribution is -0.132. The van der Waals surface area contributed by atoms with E-state index in [9.17, 15) is 4.79 Å². The van der Waals surface area contributed by atoms with Gasteiger partial charge in [-0.2, -0.15) is 0 Å². The third-order valence-electron chi connectivity index (χ3n) is 3.72. The molecule has 1 saturated heterocycles. The van der Waals surface area contributed by atoms with Crippen molar-refractivity contribution in [3.8, 4) is 0 Å². The quantitative estimate of drug-likeness (QED) is 0.770. The monoisotopic (exact) mass is 258 g/mol. The van der Waals surface area contributed by atoms with Crippen LogP contribution in [0.5, 0.6) is 0 Å². The Kier molecular flexibility index (Phi) is 4.74. The Bertz CT molecular complexity index is 448. The summed E-state index contributed by atoms with van der Waals surface area (Å²) >= 11 is 0. The maximum Gasteiger partial charge on any atom is 0.227 e. The number of benzene rings is 1. The first-order chi connectivity index (χ1) is 9.20. The second-order valence-corrected chi connectivity index (χ2v) is 5.07. The van der Waals surface area contributed by atoms with Crippen molar-refractivity contribution in [1.29, 1.82) is 0 Å². The standard InChI is InChI=1S/C16H22N2O/c1-3-8-17-9-11-18(12-10-17)16(19)13-15-7-5-4-6-14(15)2/h3-7H,1,8-13H2,2H3. The van der Waals surface area contributed by atoms with E-state index < -0.39 is 0 Å². The molecule has 19 heavy (non-hydrogen) atoms. The predicted octanol–water partition coefficient (Wildman–Crippen LogP) is 1.87. The van der Waals surface area contributed by atoms with E-state index in [1.807, 2.05) is 29.2 Å². The van der Waals surface area contributed by atoms with Gasteiger partial charge in [-0.1, -0.05) is 30.3 Å². The van der Waals surface area contributed by atoms with Crippen LogP contribution in [0.15, 0.2) is 36.9 Å². The molecule has 0 aromatic heterocycles. The van der Waals surface area contributed by atoms with Gasteiger partial charge in [0.05, 0.1) is 6.42 Å². The number of nitrogens with zero attached hydrogens (tertiary/aromatic N) is 2. The highest BCUT2D eigenvalue weighted by atomic mass is 16.2. The SMILES string of the molecule is C=CCN1CCN(C(=O)Cc2ccccc2C)CC1. The van der Waals surface area contributed by atoms with Crippen LogP contribution in [0, 0.1) is 6.92 Å². The maximum atomic E-state index is 12.3. The minimum absolute atomic E-state index is 0.243. The van der Waals surface area contributed by atoms with Gasteiger partial charge in [0.15, 0.2) is 0 Å². The molecule has 0 N–H and O–H groups in total. The minimum Gasteiger partial charge on any atom is -0.340 e. The summed E-state index contributed by atoms with van der Waals surface area (Å²) in [7, 11) is 0. The fraction of sp³-hybridized carbons (Fsp3) is 0.438. The lowest BCUT2D eigenvalue weighted by atomic mass is 10.1. The molecular weight excluding hydrogens is 236 g/mol. The Labute approximate surface area is 115 Å². The summed E-state index contributed by atoms with van der Waals surface area (Å²) in [5, 5.41) is 0. The number of amides is 1. The third kappa shape index (κ3) is 3.67. The van der Waals surface area contributed by atoms with Gasteiger partial charge in [0.1, 0.15) is 0 Å². The van der Waals surface area contributed by atoms with Gasteiger partial charge in [-0.3, -0.25) is 9.69 Å². The molecule has 1 aromatic rings. The van der Waals surface area contributed by atoms with Gasteiger partial charge in [0.25, 0.3) is 0 Å². The van der Waals surface area contributed by atoms with E-state index in [0.717, 1.165) is 38.3 Å². The summed E-state index contributed by atoms with van der Waals surface area (Å²) in [6.07, 6.45) is 2.44. The van der Waals surface area contributed by atoms with Crippen molar-refractivity contribution in [2.75, 3.05) is 32.7 Å². The summed E-state index contributed by atoms with van der Waals surface area (Å²) in [5.74, 6) is 0.243. The smallest absolute Gasteiger partial charge is 0.227 e. The normalized spacial score (nSPS) is 16.4. The van der Waals surface area contributed by atoms with Crippen LogP contribution < -0.4 is 0 Å². The van der Waals surface area contributed by atoms with E-state index in [2.05, 4.69) is 24.5 Å². The number of carbonyl (C=O) groups excluding carboxylic acids is 1. The fourth-order valence-electron chi connectivity index (χ4n) is 2.45. The fourth-order valence-corrected chi connectivity index (χ4v) is 2.45. The van der Waals surface area contributed by atoms with Crippen LogP contribution in [-0.2, 0) is 11.2 Å². The zero-order chi connectivity index (χ0) is 13.7. The highest BCUT2D eigenvalue weighted by Gasteiger charge is 2.20. The lowest BCUT2D eigenvalue weighted by Gasteiger charge is -2.34. The van der Waals surface area contributed by atoms with Crippen molar-refractivity contribution in [1.82, 2.24) is 9.80 Å². The molecule has 2 rings (SSSR count). The van der Waals surface area contributed by atoms with E-state index in [0.29, 0.717) is 6.42 Å². The number of rotatable bonds is 4. The molecule has 1 amide bonds. The molecule has 0 unspecified atom stereocenters. The van der Waals surface area contributed by atoms with Crippen LogP contribution in [0.4, 0.5) is 0 Å². The average Bonchev–Trinajstić information content (AvgIpc) is 2.42. The lowest BCUT2D eigenvalue weighted by Crippen LogP contribution is -2.49. The molecule has 1 aromatic carbocycles. The van der Waals surface area contributed by atoms with Gasteiger partial charge in [-0.15, -0.1) is 6.58 Å². The van der Waals surface area contributed by atoms with Crippen LogP contribution in [0.1, 0.15) is 11.1 Å². The van der Waals surface area contributed by atoms with Gasteiger partial charge >= 0.3 is 0 Å². The van der Waals surface area contributed by atoms with Gasteiger partial charge in [-0.25, -0.2) is 0 Å². The van der Waals surface area contributed by atoms with Crippen molar-refractivity contribution in [3.63, 3.8) is 0 Å². The first-order valence-corrected chi connectivity index (χ1v) is 6.86. The van der Waals surface area contributed by atoms with Crippen molar-refractivity contribution >= 4 is 5.91 Å². The molecule has 102 valence electrons. The van der Waals surface area contributed by atoms with Crippen molar-refractivity contribution in [2.24, 2.45) is 0 Å². The van der Waals surface area contributed by atoms with E-state index >= 15 is 0 Å². The highest BCUT2D eigenvalue weighted by Crippen LogP contribution is 2.10. The topological polar surface area (TPSA) is 23.6 Å². The molecule has 1 fully saturated rings. The number of hydrogen-bond acceptors (Lipinski definition) is 2. The molecule has 0 radical (unpaired) electrons. The second-order valence-electron chi connectivity index (χ2n) is 5.07.